The molecule has 33 heavy (non-hydrogen) atoms. The molecule has 3 heterocycles. The Morgan fingerprint density at radius 3 is 2.67 bits per heavy atom. The summed E-state index contributed by atoms with van der Waals surface area (Å²) < 4.78 is 11.8. The first-order valence-electron chi connectivity index (χ1n) is 11.4. The molecule has 2 saturated heterocycles. The molecule has 1 amide bonds. The quantitative estimate of drug-likeness (QED) is 0.629. The summed E-state index contributed by atoms with van der Waals surface area (Å²) in [4.78, 5) is 20.8. The molecule has 0 saturated carbocycles. The molecule has 2 aliphatic heterocycles. The first kappa shape index (κ1) is 23.3. The maximum absolute atomic E-state index is 12.5. The Morgan fingerprint density at radius 1 is 1.24 bits per heavy atom. The molecule has 0 bridgehead atoms. The molecule has 2 aliphatic rings. The third-order valence-electron chi connectivity index (χ3n) is 7.07. The van der Waals surface area contributed by atoms with Crippen molar-refractivity contribution in [2.45, 2.75) is 38.4 Å². The van der Waals surface area contributed by atoms with Crippen LogP contribution in [0.25, 0.3) is 0 Å². The number of nitrogens with zero attached hydrogens (tertiary/aromatic N) is 3. The summed E-state index contributed by atoms with van der Waals surface area (Å²) >= 11 is 0. The molecule has 2 fully saturated rings. The molecule has 2 N–H and O–H groups in total. The highest BCUT2D eigenvalue weighted by molar-refractivity contribution is 5.77. The fraction of sp³-hybridized carbons (Fsp3) is 0.520. The number of hydrogen-bond donors (Lipinski definition) is 2. The zero-order valence-corrected chi connectivity index (χ0v) is 19.5. The van der Waals surface area contributed by atoms with Gasteiger partial charge in [0.25, 0.3) is 0 Å². The molecular weight excluding hydrogens is 422 g/mol. The molecule has 0 radical (unpaired) electrons. The van der Waals surface area contributed by atoms with Crippen molar-refractivity contribution in [3.63, 3.8) is 0 Å². The minimum absolute atomic E-state index is 0.0190. The summed E-state index contributed by atoms with van der Waals surface area (Å²) in [6.07, 6.45) is 1.28. The van der Waals surface area contributed by atoms with E-state index in [4.69, 9.17) is 9.47 Å². The minimum Gasteiger partial charge on any atom is -0.493 e. The average molecular weight is 456 g/mol. The van der Waals surface area contributed by atoms with Crippen LogP contribution in [0.15, 0.2) is 42.6 Å². The second-order valence-corrected chi connectivity index (χ2v) is 9.23. The van der Waals surface area contributed by atoms with Crippen LogP contribution in [0.4, 0.5) is 5.82 Å². The van der Waals surface area contributed by atoms with Crippen LogP contribution in [0.1, 0.15) is 31.7 Å². The van der Waals surface area contributed by atoms with E-state index in [1.807, 2.05) is 43.3 Å². The molecule has 8 nitrogen and oxygen atoms in total. The monoisotopic (exact) mass is 455 g/mol. The van der Waals surface area contributed by atoms with E-state index in [2.05, 4.69) is 9.88 Å². The number of ether oxygens (including phenoxy) is 2. The highest BCUT2D eigenvalue weighted by Crippen LogP contribution is 2.47. The number of carbonyl (C=O) groups excluding carboxylic acids is 1. The van der Waals surface area contributed by atoms with Crippen LogP contribution in [-0.4, -0.2) is 78.1 Å². The van der Waals surface area contributed by atoms with Gasteiger partial charge in [0.1, 0.15) is 11.9 Å². The molecule has 178 valence electrons. The van der Waals surface area contributed by atoms with Crippen LogP contribution in [0.3, 0.4) is 0 Å². The van der Waals surface area contributed by atoms with Crippen LogP contribution < -0.4 is 14.4 Å². The zero-order chi connectivity index (χ0) is 23.6. The van der Waals surface area contributed by atoms with Gasteiger partial charge in [-0.1, -0.05) is 19.1 Å². The Hall–Kier alpha value is -2.84. The number of rotatable bonds is 8. The lowest BCUT2D eigenvalue weighted by atomic mass is 9.72. The number of hydrogen-bond acceptors (Lipinski definition) is 7. The highest BCUT2D eigenvalue weighted by Gasteiger charge is 2.48. The number of carbonyl (C=O) groups is 1. The van der Waals surface area contributed by atoms with E-state index < -0.39 is 11.5 Å². The van der Waals surface area contributed by atoms with Crippen molar-refractivity contribution in [1.29, 1.82) is 0 Å². The van der Waals surface area contributed by atoms with Crippen molar-refractivity contribution in [2.24, 2.45) is 5.41 Å². The molecule has 8 heteroatoms. The molecule has 0 aliphatic carbocycles. The van der Waals surface area contributed by atoms with Gasteiger partial charge in [0.15, 0.2) is 11.5 Å². The highest BCUT2D eigenvalue weighted by atomic mass is 16.5. The summed E-state index contributed by atoms with van der Waals surface area (Å²) in [5.74, 6) is 2.08. The van der Waals surface area contributed by atoms with E-state index in [1.54, 1.807) is 25.1 Å². The molecule has 1 aromatic heterocycles. The summed E-state index contributed by atoms with van der Waals surface area (Å²) in [7, 11) is 1.62. The third-order valence-corrected chi connectivity index (χ3v) is 7.07. The van der Waals surface area contributed by atoms with Gasteiger partial charge in [-0.2, -0.15) is 0 Å². The van der Waals surface area contributed by atoms with Crippen LogP contribution in [0.2, 0.25) is 0 Å². The van der Waals surface area contributed by atoms with Crippen LogP contribution >= 0.6 is 0 Å². The Balaban J connectivity index is 1.52. The Labute approximate surface area is 194 Å². The Bertz CT molecular complexity index is 964. The van der Waals surface area contributed by atoms with Crippen molar-refractivity contribution in [1.82, 2.24) is 9.88 Å². The molecular formula is C25H33N3O5. The van der Waals surface area contributed by atoms with Crippen molar-refractivity contribution >= 4 is 11.7 Å². The Morgan fingerprint density at radius 2 is 2.03 bits per heavy atom. The fourth-order valence-corrected chi connectivity index (χ4v) is 4.79. The molecule has 1 aromatic carbocycles. The van der Waals surface area contributed by atoms with E-state index >= 15 is 0 Å². The van der Waals surface area contributed by atoms with E-state index in [0.29, 0.717) is 24.6 Å². The van der Waals surface area contributed by atoms with Gasteiger partial charge in [-0.05, 0) is 36.8 Å². The molecule has 3 atom stereocenters. The topological polar surface area (TPSA) is 95.4 Å². The predicted octanol–water partition coefficient (Wildman–Crippen LogP) is 2.05. The van der Waals surface area contributed by atoms with Crippen molar-refractivity contribution in [3.05, 3.63) is 48.2 Å². The number of anilines is 1. The van der Waals surface area contributed by atoms with Crippen LogP contribution in [0.5, 0.6) is 11.5 Å². The summed E-state index contributed by atoms with van der Waals surface area (Å²) in [5, 5.41) is 19.8. The first-order chi connectivity index (χ1) is 15.9. The van der Waals surface area contributed by atoms with E-state index in [0.717, 1.165) is 24.5 Å². The largest absolute Gasteiger partial charge is 0.493 e. The van der Waals surface area contributed by atoms with E-state index in [9.17, 15) is 15.0 Å². The molecule has 2 aromatic rings. The third kappa shape index (κ3) is 4.63. The Kier molecular flexibility index (Phi) is 6.76. The normalized spacial score (nSPS) is 23.8. The molecule has 4 rings (SSSR count). The van der Waals surface area contributed by atoms with Gasteiger partial charge in [-0.15, -0.1) is 0 Å². The van der Waals surface area contributed by atoms with Crippen molar-refractivity contribution < 1.29 is 24.5 Å². The zero-order valence-electron chi connectivity index (χ0n) is 19.5. The van der Waals surface area contributed by atoms with Crippen LogP contribution in [0, 0.1) is 5.41 Å². The summed E-state index contributed by atoms with van der Waals surface area (Å²) in [5.41, 5.74) is 0.484. The SMILES string of the molecule is COc1ccc([C@@H]2CN(C(=O)CCO)C[C@@]2(C)[C@@H](C)O)cc1OC1CN(c2ccccn2)C1. The van der Waals surface area contributed by atoms with Gasteiger partial charge >= 0.3 is 0 Å². The standard InChI is InChI=1S/C25H33N3O5/c1-17(30)25(2)16-28(24(31)9-11-29)15-20(25)18-7-8-21(32-3)22(12-18)33-19-13-27(14-19)23-6-4-5-10-26-23/h4-8,10,12,17,19-20,29-30H,9,11,13-16H2,1-3H3/t17-,20+,25+/m1/s1. The first-order valence-corrected chi connectivity index (χ1v) is 11.4. The lowest BCUT2D eigenvalue weighted by Gasteiger charge is -2.40. The lowest BCUT2D eigenvalue weighted by Crippen LogP contribution is -2.54. The van der Waals surface area contributed by atoms with E-state index in [1.165, 1.54) is 0 Å². The number of aromatic nitrogens is 1. The van der Waals surface area contributed by atoms with Crippen molar-refractivity contribution in [3.8, 4) is 11.5 Å². The number of amides is 1. The van der Waals surface area contributed by atoms with Gasteiger partial charge in [0, 0.05) is 37.0 Å². The van der Waals surface area contributed by atoms with Crippen molar-refractivity contribution in [2.75, 3.05) is 44.8 Å². The average Bonchev–Trinajstić information content (AvgIpc) is 3.15. The maximum atomic E-state index is 12.5. The second-order valence-electron chi connectivity index (χ2n) is 9.23. The molecule has 0 unspecified atom stereocenters. The van der Waals surface area contributed by atoms with Gasteiger partial charge in [0.2, 0.25) is 5.91 Å². The lowest BCUT2D eigenvalue weighted by molar-refractivity contribution is -0.131. The number of aliphatic hydroxyl groups excluding tert-OH is 2. The van der Waals surface area contributed by atoms with E-state index in [-0.39, 0.29) is 31.0 Å². The maximum Gasteiger partial charge on any atom is 0.224 e. The second kappa shape index (κ2) is 9.57. The molecule has 0 spiro atoms. The van der Waals surface area contributed by atoms with Gasteiger partial charge in [-0.25, -0.2) is 4.98 Å². The predicted molar refractivity (Wildman–Crippen MR) is 125 cm³/mol. The summed E-state index contributed by atoms with van der Waals surface area (Å²) in [6, 6.07) is 11.7. The van der Waals surface area contributed by atoms with Gasteiger partial charge < -0.3 is 29.5 Å². The summed E-state index contributed by atoms with van der Waals surface area (Å²) in [6.45, 7) is 6.01. The number of likely N-dealkylation sites (tertiary alicyclic amines) is 1. The number of benzene rings is 1. The van der Waals surface area contributed by atoms with Gasteiger partial charge in [0.05, 0.1) is 32.9 Å². The van der Waals surface area contributed by atoms with Gasteiger partial charge in [-0.3, -0.25) is 4.79 Å². The number of pyridine rings is 1. The fourth-order valence-electron chi connectivity index (χ4n) is 4.79. The number of aliphatic hydroxyl groups is 2. The minimum atomic E-state index is -0.612. The smallest absolute Gasteiger partial charge is 0.224 e. The van der Waals surface area contributed by atoms with Crippen LogP contribution in [-0.2, 0) is 4.79 Å². The number of methoxy groups -OCH3 is 1.